The van der Waals surface area contributed by atoms with E-state index in [2.05, 4.69) is 26.7 Å². The van der Waals surface area contributed by atoms with Gasteiger partial charge in [-0.25, -0.2) is 9.97 Å². The van der Waals surface area contributed by atoms with Gasteiger partial charge in [0, 0.05) is 55.9 Å². The predicted octanol–water partition coefficient (Wildman–Crippen LogP) is 2.14. The monoisotopic (exact) mass is 484 g/mol. The molecule has 3 N–H and O–H groups in total. The summed E-state index contributed by atoms with van der Waals surface area (Å²) in [6.45, 7) is 7.23. The maximum atomic E-state index is 13.7. The summed E-state index contributed by atoms with van der Waals surface area (Å²) in [7, 11) is 0. The van der Waals surface area contributed by atoms with Crippen molar-refractivity contribution in [1.29, 1.82) is 0 Å². The van der Waals surface area contributed by atoms with Gasteiger partial charge >= 0.3 is 0 Å². The third-order valence-electron chi connectivity index (χ3n) is 7.49. The zero-order chi connectivity index (χ0) is 23.8. The lowest BCUT2D eigenvalue weighted by atomic mass is 9.96. The number of aliphatic hydroxyl groups is 1. The summed E-state index contributed by atoms with van der Waals surface area (Å²) in [6, 6.07) is 7.83. The summed E-state index contributed by atoms with van der Waals surface area (Å²) in [5.41, 5.74) is 8.92. The zero-order valence-electron chi connectivity index (χ0n) is 19.6. The first kappa shape index (κ1) is 23.5. The predicted molar refractivity (Wildman–Crippen MR) is 132 cm³/mol. The maximum Gasteiger partial charge on any atom is 0.231 e. The van der Waals surface area contributed by atoms with Crippen LogP contribution in [0.2, 0.25) is 5.02 Å². The molecule has 0 bridgehead atoms. The Bertz CT molecular complexity index is 1030. The van der Waals surface area contributed by atoms with Crippen LogP contribution in [0.5, 0.6) is 0 Å². The lowest BCUT2D eigenvalue weighted by molar-refractivity contribution is -0.133. The summed E-state index contributed by atoms with van der Waals surface area (Å²) in [4.78, 5) is 29.1. The van der Waals surface area contributed by atoms with Gasteiger partial charge in [-0.05, 0) is 43.0 Å². The molecular weight excluding hydrogens is 452 g/mol. The van der Waals surface area contributed by atoms with Gasteiger partial charge in [-0.1, -0.05) is 30.7 Å². The second-order valence-electron chi connectivity index (χ2n) is 9.87. The Hall–Kier alpha value is -2.26. The van der Waals surface area contributed by atoms with Crippen molar-refractivity contribution in [2.75, 3.05) is 50.7 Å². The molecule has 2 unspecified atom stereocenters. The number of nitrogens with zero attached hydrogens (tertiary/aromatic N) is 5. The number of amides is 1. The molecule has 2 fully saturated rings. The Kier molecular flexibility index (Phi) is 6.75. The molecule has 0 saturated carbocycles. The van der Waals surface area contributed by atoms with Crippen LogP contribution in [-0.4, -0.2) is 82.6 Å². The van der Waals surface area contributed by atoms with Crippen LogP contribution in [0.1, 0.15) is 54.5 Å². The maximum absolute atomic E-state index is 13.7. The van der Waals surface area contributed by atoms with Gasteiger partial charge in [0.2, 0.25) is 5.91 Å². The molecule has 2 saturated heterocycles. The largest absolute Gasteiger partial charge is 0.387 e. The second-order valence-corrected chi connectivity index (χ2v) is 10.3. The van der Waals surface area contributed by atoms with Crippen molar-refractivity contribution in [3.8, 4) is 0 Å². The minimum Gasteiger partial charge on any atom is -0.387 e. The van der Waals surface area contributed by atoms with E-state index in [1.54, 1.807) is 6.33 Å². The van der Waals surface area contributed by atoms with Gasteiger partial charge in [0.25, 0.3) is 0 Å². The number of fused-ring (bicyclic) bond motifs is 1. The number of carbonyl (C=O) groups excluding carboxylic acids is 1. The summed E-state index contributed by atoms with van der Waals surface area (Å²) in [6.07, 6.45) is 2.68. The molecule has 1 aliphatic carbocycles. The number of halogens is 1. The molecule has 3 aliphatic rings. The van der Waals surface area contributed by atoms with Crippen LogP contribution in [0.25, 0.3) is 0 Å². The summed E-state index contributed by atoms with van der Waals surface area (Å²) in [5.74, 6) is 1.04. The summed E-state index contributed by atoms with van der Waals surface area (Å²) in [5, 5.41) is 11.0. The molecule has 34 heavy (non-hydrogen) atoms. The van der Waals surface area contributed by atoms with E-state index < -0.39 is 6.10 Å². The second kappa shape index (κ2) is 9.77. The number of anilines is 1. The van der Waals surface area contributed by atoms with E-state index in [-0.39, 0.29) is 23.8 Å². The number of hydrogen-bond donors (Lipinski definition) is 2. The van der Waals surface area contributed by atoms with Gasteiger partial charge in [0.15, 0.2) is 0 Å². The van der Waals surface area contributed by atoms with E-state index in [4.69, 9.17) is 17.3 Å². The number of piperazine rings is 1. The number of rotatable bonds is 5. The highest BCUT2D eigenvalue weighted by molar-refractivity contribution is 6.30. The Morgan fingerprint density at radius 3 is 2.59 bits per heavy atom. The number of benzene rings is 1. The molecule has 8 nitrogen and oxygen atoms in total. The SMILES string of the molecule is CC1C[C@@H](O)c2ncnc(N3CCN(C(=O)C(CN4CC[C@@H](N)C4)c4ccc(Cl)cc4)CC3)c21. The standard InChI is InChI=1S/C25H33ClN6O2/c1-16-12-21(33)23-22(16)24(29-15-28-23)31-8-10-32(11-9-31)25(34)20(14-30-7-6-19(27)13-30)17-2-4-18(26)5-3-17/h2-5,15-16,19-21,33H,6-14,27H2,1H3/t16?,19-,20?,21-/m1/s1. The summed E-state index contributed by atoms with van der Waals surface area (Å²) >= 11 is 6.11. The van der Waals surface area contributed by atoms with Gasteiger partial charge in [0.05, 0.1) is 17.7 Å². The Morgan fingerprint density at radius 2 is 1.91 bits per heavy atom. The van der Waals surface area contributed by atoms with Crippen molar-refractivity contribution in [2.24, 2.45) is 5.73 Å². The number of aliphatic hydroxyl groups excluding tert-OH is 1. The average molecular weight is 485 g/mol. The highest BCUT2D eigenvalue weighted by Crippen LogP contribution is 2.42. The highest BCUT2D eigenvalue weighted by Gasteiger charge is 2.35. The smallest absolute Gasteiger partial charge is 0.231 e. The van der Waals surface area contributed by atoms with Crippen LogP contribution < -0.4 is 10.6 Å². The average Bonchev–Trinajstić information content (AvgIpc) is 3.39. The molecule has 0 spiro atoms. The van der Waals surface area contributed by atoms with Gasteiger partial charge in [-0.3, -0.25) is 4.79 Å². The summed E-state index contributed by atoms with van der Waals surface area (Å²) < 4.78 is 0. The van der Waals surface area contributed by atoms with E-state index in [0.717, 1.165) is 42.1 Å². The number of hydrogen-bond acceptors (Lipinski definition) is 7. The highest BCUT2D eigenvalue weighted by atomic mass is 35.5. The molecular formula is C25H33ClN6O2. The van der Waals surface area contributed by atoms with Crippen molar-refractivity contribution in [3.05, 3.63) is 52.4 Å². The first-order chi connectivity index (χ1) is 16.4. The molecule has 182 valence electrons. The van der Waals surface area contributed by atoms with Crippen LogP contribution >= 0.6 is 11.6 Å². The molecule has 0 radical (unpaired) electrons. The first-order valence-electron chi connectivity index (χ1n) is 12.2. The van der Waals surface area contributed by atoms with E-state index >= 15 is 0 Å². The van der Waals surface area contributed by atoms with Gasteiger partial charge in [-0.15, -0.1) is 0 Å². The topological polar surface area (TPSA) is 98.8 Å². The third kappa shape index (κ3) is 4.64. The lowest BCUT2D eigenvalue weighted by Gasteiger charge is -2.38. The fourth-order valence-electron chi connectivity index (χ4n) is 5.62. The van der Waals surface area contributed by atoms with Crippen molar-refractivity contribution in [1.82, 2.24) is 19.8 Å². The number of nitrogens with two attached hydrogens (primary N) is 1. The normalized spacial score (nSPS) is 26.1. The van der Waals surface area contributed by atoms with Crippen LogP contribution in [0.3, 0.4) is 0 Å². The molecule has 2 aliphatic heterocycles. The van der Waals surface area contributed by atoms with E-state index in [9.17, 15) is 9.90 Å². The fraction of sp³-hybridized carbons (Fsp3) is 0.560. The number of likely N-dealkylation sites (tertiary alicyclic amines) is 1. The van der Waals surface area contributed by atoms with Crippen molar-refractivity contribution < 1.29 is 9.90 Å². The van der Waals surface area contributed by atoms with Crippen LogP contribution in [-0.2, 0) is 4.79 Å². The molecule has 4 atom stereocenters. The van der Waals surface area contributed by atoms with E-state index in [0.29, 0.717) is 44.2 Å². The Balaban J connectivity index is 1.30. The van der Waals surface area contributed by atoms with Crippen LogP contribution in [0, 0.1) is 0 Å². The Morgan fingerprint density at radius 1 is 1.18 bits per heavy atom. The molecule has 1 aromatic heterocycles. The van der Waals surface area contributed by atoms with Crippen molar-refractivity contribution in [3.63, 3.8) is 0 Å². The zero-order valence-corrected chi connectivity index (χ0v) is 20.4. The van der Waals surface area contributed by atoms with Crippen LogP contribution in [0.15, 0.2) is 30.6 Å². The molecule has 2 aromatic rings. The van der Waals surface area contributed by atoms with Crippen LogP contribution in [0.4, 0.5) is 5.82 Å². The minimum atomic E-state index is -0.520. The molecule has 1 aromatic carbocycles. The van der Waals surface area contributed by atoms with Gasteiger partial charge in [-0.2, -0.15) is 0 Å². The first-order valence-corrected chi connectivity index (χ1v) is 12.6. The van der Waals surface area contributed by atoms with Crippen molar-refractivity contribution in [2.45, 2.75) is 43.7 Å². The van der Waals surface area contributed by atoms with E-state index in [1.807, 2.05) is 29.2 Å². The van der Waals surface area contributed by atoms with E-state index in [1.165, 1.54) is 0 Å². The molecule has 3 heterocycles. The lowest BCUT2D eigenvalue weighted by Crippen LogP contribution is -2.51. The molecule has 5 rings (SSSR count). The fourth-order valence-corrected chi connectivity index (χ4v) is 5.75. The number of aromatic nitrogens is 2. The molecule has 1 amide bonds. The number of carbonyl (C=O) groups is 1. The molecule has 9 heteroatoms. The third-order valence-corrected chi connectivity index (χ3v) is 7.74. The van der Waals surface area contributed by atoms with Gasteiger partial charge in [0.1, 0.15) is 12.1 Å². The quantitative estimate of drug-likeness (QED) is 0.670. The Labute approximate surface area is 205 Å². The minimum absolute atomic E-state index is 0.152. The van der Waals surface area contributed by atoms with Gasteiger partial charge < -0.3 is 25.5 Å². The van der Waals surface area contributed by atoms with Crippen molar-refractivity contribution >= 4 is 23.3 Å².